The summed E-state index contributed by atoms with van der Waals surface area (Å²) in [5, 5.41) is 13.7. The zero-order chi connectivity index (χ0) is 17.2. The van der Waals surface area contributed by atoms with Crippen molar-refractivity contribution in [2.24, 2.45) is 5.92 Å². The molecule has 136 valence electrons. The van der Waals surface area contributed by atoms with Crippen LogP contribution in [0.5, 0.6) is 0 Å². The fraction of sp³-hybridized carbons (Fsp3) is 0.650. The molecule has 1 saturated carbocycles. The fourth-order valence-corrected chi connectivity index (χ4v) is 4.35. The monoisotopic (exact) mass is 343 g/mol. The van der Waals surface area contributed by atoms with Gasteiger partial charge in [0.25, 0.3) is 0 Å². The normalized spacial score (nSPS) is 27.7. The SMILES string of the molecule is O=C(NCCN1CCN([C@@H]2Cc3ccccc3[C@@H]2O)CC1)C1CCC1. The number of hydrogen-bond acceptors (Lipinski definition) is 4. The number of nitrogens with zero attached hydrogens (tertiary/aromatic N) is 2. The van der Waals surface area contributed by atoms with Crippen LogP contribution in [0.25, 0.3) is 0 Å². The van der Waals surface area contributed by atoms with Crippen molar-refractivity contribution in [1.29, 1.82) is 0 Å². The van der Waals surface area contributed by atoms with E-state index in [0.717, 1.165) is 64.1 Å². The molecular formula is C20H29N3O2. The molecule has 5 nitrogen and oxygen atoms in total. The lowest BCUT2D eigenvalue weighted by molar-refractivity contribution is -0.127. The lowest BCUT2D eigenvalue weighted by atomic mass is 9.85. The number of rotatable bonds is 5. The van der Waals surface area contributed by atoms with Gasteiger partial charge in [-0.3, -0.25) is 14.6 Å². The number of carbonyl (C=O) groups excluding carboxylic acids is 1. The Bertz CT molecular complexity index is 609. The molecular weight excluding hydrogens is 314 g/mol. The Balaban J connectivity index is 1.20. The van der Waals surface area contributed by atoms with Crippen molar-refractivity contribution >= 4 is 5.91 Å². The average Bonchev–Trinajstić information content (AvgIpc) is 2.91. The van der Waals surface area contributed by atoms with Crippen LogP contribution in [0.2, 0.25) is 0 Å². The second-order valence-corrected chi connectivity index (χ2v) is 7.71. The Morgan fingerprint density at radius 2 is 1.92 bits per heavy atom. The maximum Gasteiger partial charge on any atom is 0.223 e. The zero-order valence-corrected chi connectivity index (χ0v) is 14.9. The van der Waals surface area contributed by atoms with E-state index in [1.54, 1.807) is 0 Å². The van der Waals surface area contributed by atoms with E-state index in [1.165, 1.54) is 12.0 Å². The molecule has 1 heterocycles. The minimum atomic E-state index is -0.357. The number of piperazine rings is 1. The Morgan fingerprint density at radius 3 is 2.60 bits per heavy atom. The Hall–Kier alpha value is -1.43. The molecule has 1 saturated heterocycles. The van der Waals surface area contributed by atoms with Gasteiger partial charge in [0.2, 0.25) is 5.91 Å². The average molecular weight is 343 g/mol. The molecule has 2 aliphatic carbocycles. The number of hydrogen-bond donors (Lipinski definition) is 2. The summed E-state index contributed by atoms with van der Waals surface area (Å²) in [7, 11) is 0. The quantitative estimate of drug-likeness (QED) is 0.843. The van der Waals surface area contributed by atoms with Gasteiger partial charge in [0.05, 0.1) is 6.10 Å². The number of aliphatic hydroxyl groups excluding tert-OH is 1. The van der Waals surface area contributed by atoms with Gasteiger partial charge < -0.3 is 10.4 Å². The van der Waals surface area contributed by atoms with Crippen molar-refractivity contribution in [2.45, 2.75) is 37.8 Å². The van der Waals surface area contributed by atoms with Gasteiger partial charge in [-0.15, -0.1) is 0 Å². The number of benzene rings is 1. The van der Waals surface area contributed by atoms with Gasteiger partial charge in [0, 0.05) is 51.2 Å². The van der Waals surface area contributed by atoms with Crippen LogP contribution >= 0.6 is 0 Å². The number of fused-ring (bicyclic) bond motifs is 1. The van der Waals surface area contributed by atoms with Crippen molar-refractivity contribution in [3.8, 4) is 0 Å². The van der Waals surface area contributed by atoms with Crippen LogP contribution < -0.4 is 5.32 Å². The second-order valence-electron chi connectivity index (χ2n) is 7.71. The second kappa shape index (κ2) is 7.44. The Kier molecular flexibility index (Phi) is 5.06. The first-order valence-corrected chi connectivity index (χ1v) is 9.72. The summed E-state index contributed by atoms with van der Waals surface area (Å²) in [4.78, 5) is 16.7. The summed E-state index contributed by atoms with van der Waals surface area (Å²) >= 11 is 0. The van der Waals surface area contributed by atoms with E-state index < -0.39 is 0 Å². The predicted octanol–water partition coefficient (Wildman–Crippen LogP) is 1.18. The molecule has 0 unspecified atom stereocenters. The van der Waals surface area contributed by atoms with Crippen molar-refractivity contribution in [1.82, 2.24) is 15.1 Å². The van der Waals surface area contributed by atoms with Gasteiger partial charge in [-0.2, -0.15) is 0 Å². The van der Waals surface area contributed by atoms with Gasteiger partial charge in [0.1, 0.15) is 0 Å². The third-order valence-corrected chi connectivity index (χ3v) is 6.25. The maximum absolute atomic E-state index is 11.9. The van der Waals surface area contributed by atoms with Crippen LogP contribution in [0, 0.1) is 5.92 Å². The molecule has 0 radical (unpaired) electrons. The van der Waals surface area contributed by atoms with Crippen LogP contribution in [0.15, 0.2) is 24.3 Å². The summed E-state index contributed by atoms with van der Waals surface area (Å²) in [5.41, 5.74) is 2.40. The standard InChI is InChI=1S/C20H29N3O2/c24-19-17-7-2-1-4-16(17)14-18(19)23-12-10-22(11-13-23)9-8-21-20(25)15-5-3-6-15/h1-2,4,7,15,18-19,24H,3,5-6,8-14H2,(H,21,25)/t18-,19+/m1/s1. The summed E-state index contributed by atoms with van der Waals surface area (Å²) in [5.74, 6) is 0.527. The molecule has 2 N–H and O–H groups in total. The molecule has 3 aliphatic rings. The fourth-order valence-electron chi connectivity index (χ4n) is 4.35. The third kappa shape index (κ3) is 3.59. The topological polar surface area (TPSA) is 55.8 Å². The van der Waals surface area contributed by atoms with E-state index in [4.69, 9.17) is 0 Å². The molecule has 1 aromatic carbocycles. The van der Waals surface area contributed by atoms with E-state index in [9.17, 15) is 9.90 Å². The van der Waals surface area contributed by atoms with E-state index >= 15 is 0 Å². The van der Waals surface area contributed by atoms with E-state index in [-0.39, 0.29) is 24.0 Å². The van der Waals surface area contributed by atoms with Crippen molar-refractivity contribution in [3.63, 3.8) is 0 Å². The molecule has 0 spiro atoms. The number of aliphatic hydroxyl groups is 1. The summed E-state index contributed by atoms with van der Waals surface area (Å²) in [6.45, 7) is 5.70. The van der Waals surface area contributed by atoms with Crippen LogP contribution in [-0.4, -0.2) is 66.1 Å². The molecule has 0 aromatic heterocycles. The molecule has 4 rings (SSSR count). The summed E-state index contributed by atoms with van der Waals surface area (Å²) < 4.78 is 0. The largest absolute Gasteiger partial charge is 0.387 e. The van der Waals surface area contributed by atoms with Gasteiger partial charge in [-0.05, 0) is 30.4 Å². The molecule has 5 heteroatoms. The van der Waals surface area contributed by atoms with E-state index in [0.29, 0.717) is 0 Å². The highest BCUT2D eigenvalue weighted by Crippen LogP contribution is 2.34. The molecule has 2 fully saturated rings. The van der Waals surface area contributed by atoms with Crippen LogP contribution in [-0.2, 0) is 11.2 Å². The van der Waals surface area contributed by atoms with Crippen LogP contribution in [0.4, 0.5) is 0 Å². The van der Waals surface area contributed by atoms with Crippen molar-refractivity contribution in [2.75, 3.05) is 39.3 Å². The van der Waals surface area contributed by atoms with E-state index in [2.05, 4.69) is 33.3 Å². The Morgan fingerprint density at radius 1 is 1.16 bits per heavy atom. The summed E-state index contributed by atoms with van der Waals surface area (Å²) in [6, 6.07) is 8.49. The molecule has 2 atom stereocenters. The van der Waals surface area contributed by atoms with Gasteiger partial charge in [0.15, 0.2) is 0 Å². The number of nitrogens with one attached hydrogen (secondary N) is 1. The van der Waals surface area contributed by atoms with Crippen LogP contribution in [0.1, 0.15) is 36.5 Å². The van der Waals surface area contributed by atoms with Gasteiger partial charge in [-0.25, -0.2) is 0 Å². The molecule has 0 bridgehead atoms. The first kappa shape index (κ1) is 17.0. The minimum Gasteiger partial charge on any atom is -0.387 e. The number of amides is 1. The first-order chi connectivity index (χ1) is 12.2. The van der Waals surface area contributed by atoms with Crippen molar-refractivity contribution < 1.29 is 9.90 Å². The minimum absolute atomic E-state index is 0.220. The lowest BCUT2D eigenvalue weighted by Gasteiger charge is -2.39. The van der Waals surface area contributed by atoms with Crippen LogP contribution in [0.3, 0.4) is 0 Å². The highest BCUT2D eigenvalue weighted by atomic mass is 16.3. The van der Waals surface area contributed by atoms with Crippen molar-refractivity contribution in [3.05, 3.63) is 35.4 Å². The first-order valence-electron chi connectivity index (χ1n) is 9.72. The highest BCUT2D eigenvalue weighted by Gasteiger charge is 2.36. The van der Waals surface area contributed by atoms with Gasteiger partial charge in [-0.1, -0.05) is 30.7 Å². The Labute approximate surface area is 150 Å². The number of carbonyl (C=O) groups is 1. The lowest BCUT2D eigenvalue weighted by Crippen LogP contribution is -2.52. The molecule has 25 heavy (non-hydrogen) atoms. The van der Waals surface area contributed by atoms with E-state index in [1.807, 2.05) is 6.07 Å². The smallest absolute Gasteiger partial charge is 0.223 e. The molecule has 1 aliphatic heterocycles. The van der Waals surface area contributed by atoms with Gasteiger partial charge >= 0.3 is 0 Å². The molecule has 1 amide bonds. The zero-order valence-electron chi connectivity index (χ0n) is 14.9. The summed E-state index contributed by atoms with van der Waals surface area (Å²) in [6.07, 6.45) is 3.93. The molecule has 1 aromatic rings. The third-order valence-electron chi connectivity index (χ3n) is 6.25. The highest BCUT2D eigenvalue weighted by molar-refractivity contribution is 5.79. The maximum atomic E-state index is 11.9. The predicted molar refractivity (Wildman–Crippen MR) is 97.3 cm³/mol.